The summed E-state index contributed by atoms with van der Waals surface area (Å²) in [5.74, 6) is 0. The van der Waals surface area contributed by atoms with E-state index < -0.39 is 0 Å². The van der Waals surface area contributed by atoms with Gasteiger partial charge in [0.25, 0.3) is 0 Å². The van der Waals surface area contributed by atoms with Gasteiger partial charge in [-0.15, -0.1) is 0 Å². The molecule has 75 valence electrons. The maximum Gasteiger partial charge on any atom is 0.0236 e. The van der Waals surface area contributed by atoms with E-state index in [4.69, 9.17) is 0 Å². The molecule has 1 aromatic carbocycles. The molecule has 1 aliphatic heterocycles. The topological polar surface area (TPSA) is 3.24 Å². The summed E-state index contributed by atoms with van der Waals surface area (Å²) < 4.78 is 0. The van der Waals surface area contributed by atoms with Gasteiger partial charge in [0.1, 0.15) is 0 Å². The fourth-order valence-corrected chi connectivity index (χ4v) is 2.07. The minimum Gasteiger partial charge on any atom is -0.299 e. The molecule has 14 heavy (non-hydrogen) atoms. The molecule has 1 nitrogen and oxygen atoms in total. The zero-order valence-electron chi connectivity index (χ0n) is 8.71. The maximum absolute atomic E-state index is 4.06. The standard InChI is InChI=1S/C13H18N/c1-12-7-3-4-8-13(12)11-14-9-5-2-6-10-14/h3-4,7-8H,1-2,5-6,9-11H2. The molecule has 1 heteroatoms. The molecule has 2 rings (SSSR count). The number of hydrogen-bond donors (Lipinski definition) is 0. The van der Waals surface area contributed by atoms with Crippen molar-refractivity contribution in [3.63, 3.8) is 0 Å². The normalized spacial score (nSPS) is 18.4. The quantitative estimate of drug-likeness (QED) is 0.690. The second-order valence-electron chi connectivity index (χ2n) is 4.11. The number of benzene rings is 1. The first-order chi connectivity index (χ1) is 6.86. The van der Waals surface area contributed by atoms with Crippen LogP contribution in [0.2, 0.25) is 0 Å². The molecule has 1 aromatic rings. The monoisotopic (exact) mass is 188 g/mol. The van der Waals surface area contributed by atoms with Gasteiger partial charge in [-0.05, 0) is 44.0 Å². The van der Waals surface area contributed by atoms with Crippen LogP contribution in [0.25, 0.3) is 0 Å². The van der Waals surface area contributed by atoms with E-state index in [0.29, 0.717) is 0 Å². The van der Waals surface area contributed by atoms with Crippen LogP contribution in [0.5, 0.6) is 0 Å². The van der Waals surface area contributed by atoms with Gasteiger partial charge in [-0.25, -0.2) is 0 Å². The molecule has 1 aliphatic rings. The molecule has 1 fully saturated rings. The van der Waals surface area contributed by atoms with Gasteiger partial charge >= 0.3 is 0 Å². The Balaban J connectivity index is 1.99. The maximum atomic E-state index is 4.06. The van der Waals surface area contributed by atoms with Gasteiger partial charge in [-0.2, -0.15) is 0 Å². The second kappa shape index (κ2) is 4.61. The predicted molar refractivity (Wildman–Crippen MR) is 60.0 cm³/mol. The molecule has 0 unspecified atom stereocenters. The summed E-state index contributed by atoms with van der Waals surface area (Å²) in [6, 6.07) is 8.45. The average molecular weight is 188 g/mol. The van der Waals surface area contributed by atoms with Gasteiger partial charge < -0.3 is 0 Å². The Labute approximate surface area is 86.7 Å². The van der Waals surface area contributed by atoms with Crippen LogP contribution in [0.15, 0.2) is 24.3 Å². The van der Waals surface area contributed by atoms with Gasteiger partial charge in [-0.3, -0.25) is 4.90 Å². The van der Waals surface area contributed by atoms with E-state index in [2.05, 4.69) is 36.1 Å². The summed E-state index contributed by atoms with van der Waals surface area (Å²) in [5, 5.41) is 0. The van der Waals surface area contributed by atoms with E-state index in [1.54, 1.807) is 0 Å². The van der Waals surface area contributed by atoms with Crippen LogP contribution >= 0.6 is 0 Å². The van der Waals surface area contributed by atoms with Gasteiger partial charge in [0.15, 0.2) is 0 Å². The first kappa shape index (κ1) is 9.72. The summed E-state index contributed by atoms with van der Waals surface area (Å²) in [7, 11) is 0. The molecule has 1 radical (unpaired) electrons. The lowest BCUT2D eigenvalue weighted by atomic mass is 10.1. The lowest BCUT2D eigenvalue weighted by molar-refractivity contribution is 0.220. The highest BCUT2D eigenvalue weighted by molar-refractivity contribution is 5.29. The van der Waals surface area contributed by atoms with Crippen LogP contribution in [0.4, 0.5) is 0 Å². The summed E-state index contributed by atoms with van der Waals surface area (Å²) in [6.45, 7) is 7.66. The Morgan fingerprint density at radius 3 is 2.50 bits per heavy atom. The van der Waals surface area contributed by atoms with Crippen molar-refractivity contribution in [2.45, 2.75) is 25.8 Å². The predicted octanol–water partition coefficient (Wildman–Crippen LogP) is 2.85. The van der Waals surface area contributed by atoms with Crippen molar-refractivity contribution in [1.82, 2.24) is 4.90 Å². The molecular weight excluding hydrogens is 170 g/mol. The highest BCUT2D eigenvalue weighted by Gasteiger charge is 2.10. The Morgan fingerprint density at radius 1 is 1.07 bits per heavy atom. The summed E-state index contributed by atoms with van der Waals surface area (Å²) in [5.41, 5.74) is 2.56. The number of hydrogen-bond acceptors (Lipinski definition) is 1. The Kier molecular flexibility index (Phi) is 3.20. The Morgan fingerprint density at radius 2 is 1.79 bits per heavy atom. The number of likely N-dealkylation sites (tertiary alicyclic amines) is 1. The van der Waals surface area contributed by atoms with Gasteiger partial charge in [0, 0.05) is 6.54 Å². The molecule has 0 spiro atoms. The minimum absolute atomic E-state index is 1.08. The molecule has 0 N–H and O–H groups in total. The zero-order chi connectivity index (χ0) is 9.80. The third-order valence-electron chi connectivity index (χ3n) is 2.96. The smallest absolute Gasteiger partial charge is 0.0236 e. The van der Waals surface area contributed by atoms with Crippen LogP contribution in [-0.2, 0) is 6.54 Å². The lowest BCUT2D eigenvalue weighted by Gasteiger charge is -2.26. The average Bonchev–Trinajstić information content (AvgIpc) is 2.23. The van der Waals surface area contributed by atoms with E-state index in [1.807, 2.05) is 0 Å². The van der Waals surface area contributed by atoms with Crippen LogP contribution < -0.4 is 0 Å². The van der Waals surface area contributed by atoms with E-state index in [0.717, 1.165) is 6.54 Å². The number of nitrogens with zero attached hydrogens (tertiary/aromatic N) is 1. The van der Waals surface area contributed by atoms with Crippen molar-refractivity contribution in [1.29, 1.82) is 0 Å². The Hall–Kier alpha value is -0.820. The van der Waals surface area contributed by atoms with E-state index >= 15 is 0 Å². The van der Waals surface area contributed by atoms with Gasteiger partial charge in [0.05, 0.1) is 0 Å². The van der Waals surface area contributed by atoms with E-state index in [-0.39, 0.29) is 0 Å². The van der Waals surface area contributed by atoms with Crippen molar-refractivity contribution in [3.05, 3.63) is 42.3 Å². The van der Waals surface area contributed by atoms with Crippen molar-refractivity contribution in [2.75, 3.05) is 13.1 Å². The summed E-state index contributed by atoms with van der Waals surface area (Å²) >= 11 is 0. The summed E-state index contributed by atoms with van der Waals surface area (Å²) in [6.07, 6.45) is 4.13. The van der Waals surface area contributed by atoms with Crippen molar-refractivity contribution >= 4 is 0 Å². The number of piperidine rings is 1. The summed E-state index contributed by atoms with van der Waals surface area (Å²) in [4.78, 5) is 2.54. The SMILES string of the molecule is [CH2]c1ccccc1CN1CCCCC1. The number of rotatable bonds is 2. The first-order valence-electron chi connectivity index (χ1n) is 5.48. The molecule has 0 aromatic heterocycles. The lowest BCUT2D eigenvalue weighted by Crippen LogP contribution is -2.29. The fourth-order valence-electron chi connectivity index (χ4n) is 2.07. The molecular formula is C13H18N. The molecule has 0 bridgehead atoms. The van der Waals surface area contributed by atoms with Crippen LogP contribution in [-0.4, -0.2) is 18.0 Å². The van der Waals surface area contributed by atoms with Gasteiger partial charge in [-0.1, -0.05) is 30.7 Å². The molecule has 0 aliphatic carbocycles. The second-order valence-corrected chi connectivity index (χ2v) is 4.11. The first-order valence-corrected chi connectivity index (χ1v) is 5.48. The highest BCUT2D eigenvalue weighted by Crippen LogP contribution is 2.15. The minimum atomic E-state index is 1.08. The van der Waals surface area contributed by atoms with E-state index in [1.165, 1.54) is 43.5 Å². The van der Waals surface area contributed by atoms with Crippen LogP contribution in [0.1, 0.15) is 30.4 Å². The van der Waals surface area contributed by atoms with Crippen molar-refractivity contribution in [3.8, 4) is 0 Å². The van der Waals surface area contributed by atoms with Crippen LogP contribution in [0.3, 0.4) is 0 Å². The molecule has 0 atom stereocenters. The fraction of sp³-hybridized carbons (Fsp3) is 0.462. The molecule has 1 saturated heterocycles. The van der Waals surface area contributed by atoms with Crippen molar-refractivity contribution in [2.24, 2.45) is 0 Å². The highest BCUT2D eigenvalue weighted by atomic mass is 15.1. The largest absolute Gasteiger partial charge is 0.299 e. The van der Waals surface area contributed by atoms with E-state index in [9.17, 15) is 0 Å². The molecule has 0 saturated carbocycles. The zero-order valence-corrected chi connectivity index (χ0v) is 8.71. The Bertz CT molecular complexity index is 287. The van der Waals surface area contributed by atoms with Crippen molar-refractivity contribution < 1.29 is 0 Å². The third kappa shape index (κ3) is 2.36. The molecule has 0 amide bonds. The third-order valence-corrected chi connectivity index (χ3v) is 2.96. The van der Waals surface area contributed by atoms with Crippen LogP contribution in [0, 0.1) is 6.92 Å². The molecule has 1 heterocycles. The van der Waals surface area contributed by atoms with Gasteiger partial charge in [0.2, 0.25) is 0 Å².